The predicted octanol–water partition coefficient (Wildman–Crippen LogP) is 0.634. The summed E-state index contributed by atoms with van der Waals surface area (Å²) >= 11 is 3.43. The van der Waals surface area contributed by atoms with Crippen LogP contribution in [0, 0.1) is 0 Å². The van der Waals surface area contributed by atoms with Crippen molar-refractivity contribution in [3.63, 3.8) is 0 Å². The Morgan fingerprint density at radius 2 is 2.00 bits per heavy atom. The zero-order chi connectivity index (χ0) is 18.8. The number of nitrogens with one attached hydrogen (secondary N) is 1. The van der Waals surface area contributed by atoms with Crippen molar-refractivity contribution in [2.24, 2.45) is 19.2 Å². The van der Waals surface area contributed by atoms with E-state index >= 15 is 0 Å². The topological polar surface area (TPSA) is 106 Å². The van der Waals surface area contributed by atoms with E-state index < -0.39 is 11.2 Å². The minimum Gasteiger partial charge on any atom is -0.395 e. The number of halogens is 1. The third-order valence-electron chi connectivity index (χ3n) is 3.94. The first-order chi connectivity index (χ1) is 12.5. The molecule has 2 heterocycles. The van der Waals surface area contributed by atoms with Gasteiger partial charge in [0.25, 0.3) is 5.56 Å². The van der Waals surface area contributed by atoms with Gasteiger partial charge in [-0.1, -0.05) is 34.1 Å². The third-order valence-corrected chi connectivity index (χ3v) is 4.67. The van der Waals surface area contributed by atoms with Crippen molar-refractivity contribution in [3.8, 4) is 0 Å². The van der Waals surface area contributed by atoms with Gasteiger partial charge in [0.15, 0.2) is 11.2 Å². The van der Waals surface area contributed by atoms with Crippen LogP contribution in [0.25, 0.3) is 11.2 Å². The minimum absolute atomic E-state index is 0.136. The van der Waals surface area contributed by atoms with Crippen LogP contribution >= 0.6 is 15.9 Å². The summed E-state index contributed by atoms with van der Waals surface area (Å²) in [5.74, 6) is 0.260. The fourth-order valence-electron chi connectivity index (χ4n) is 2.59. The van der Waals surface area contributed by atoms with Crippen molar-refractivity contribution in [1.29, 1.82) is 0 Å². The quantitative estimate of drug-likeness (QED) is 0.465. The second kappa shape index (κ2) is 7.26. The molecule has 0 aliphatic rings. The molecule has 10 heteroatoms. The molecule has 1 aromatic carbocycles. The lowest BCUT2D eigenvalue weighted by atomic mass is 10.2. The number of aliphatic hydroxyl groups excluding tert-OH is 1. The molecular formula is C16H17BrN6O3. The Morgan fingerprint density at radius 3 is 2.69 bits per heavy atom. The number of hydrazone groups is 1. The van der Waals surface area contributed by atoms with Crippen molar-refractivity contribution in [1.82, 2.24) is 18.7 Å². The highest BCUT2D eigenvalue weighted by Gasteiger charge is 2.18. The Hall–Kier alpha value is -2.72. The number of imidazole rings is 1. The average molecular weight is 421 g/mol. The van der Waals surface area contributed by atoms with Crippen LogP contribution in [-0.2, 0) is 20.6 Å². The monoisotopic (exact) mass is 420 g/mol. The standard InChI is InChI=1S/C16H17BrN6O3/c1-21-13-12(14(25)22(2)16(21)26)23(7-8-24)15(19-13)20-18-9-10-5-3-4-6-11(10)17/h3-6,9,24H,7-8H2,1-2H3,(H,19,20)/b18-9-. The molecule has 0 atom stereocenters. The zero-order valence-electron chi connectivity index (χ0n) is 14.2. The smallest absolute Gasteiger partial charge is 0.332 e. The molecule has 0 fully saturated rings. The summed E-state index contributed by atoms with van der Waals surface area (Å²) in [7, 11) is 2.94. The van der Waals surface area contributed by atoms with E-state index in [1.54, 1.807) is 6.21 Å². The zero-order valence-corrected chi connectivity index (χ0v) is 15.8. The maximum Gasteiger partial charge on any atom is 0.332 e. The maximum atomic E-state index is 12.5. The number of fused-ring (bicyclic) bond motifs is 1. The lowest BCUT2D eigenvalue weighted by Crippen LogP contribution is -2.37. The Bertz CT molecular complexity index is 1110. The molecule has 2 aromatic heterocycles. The molecular weight excluding hydrogens is 404 g/mol. The molecule has 0 unspecified atom stereocenters. The van der Waals surface area contributed by atoms with Gasteiger partial charge in [-0.15, -0.1) is 0 Å². The van der Waals surface area contributed by atoms with Gasteiger partial charge in [0.05, 0.1) is 12.8 Å². The summed E-state index contributed by atoms with van der Waals surface area (Å²) in [5.41, 5.74) is 3.14. The summed E-state index contributed by atoms with van der Waals surface area (Å²) < 4.78 is 4.68. The van der Waals surface area contributed by atoms with Crippen LogP contribution in [0.15, 0.2) is 43.4 Å². The number of nitrogens with zero attached hydrogens (tertiary/aromatic N) is 5. The molecule has 0 aliphatic carbocycles. The average Bonchev–Trinajstić information content (AvgIpc) is 2.99. The molecule has 0 aliphatic heterocycles. The van der Waals surface area contributed by atoms with E-state index in [-0.39, 0.29) is 30.3 Å². The number of aryl methyl sites for hydroxylation is 1. The summed E-state index contributed by atoms with van der Waals surface area (Å²) in [4.78, 5) is 28.9. The molecule has 3 rings (SSSR count). The van der Waals surface area contributed by atoms with Crippen molar-refractivity contribution < 1.29 is 5.11 Å². The number of hydrogen-bond acceptors (Lipinski definition) is 6. The Labute approximate surface area is 156 Å². The first kappa shape index (κ1) is 18.1. The van der Waals surface area contributed by atoms with Crippen molar-refractivity contribution in [2.75, 3.05) is 12.0 Å². The minimum atomic E-state index is -0.480. The van der Waals surface area contributed by atoms with E-state index in [1.165, 1.54) is 23.2 Å². The Kier molecular flexibility index (Phi) is 5.05. The number of benzene rings is 1. The molecule has 0 radical (unpaired) electrons. The summed E-state index contributed by atoms with van der Waals surface area (Å²) in [6.45, 7) is -0.0586. The first-order valence-corrected chi connectivity index (χ1v) is 8.55. The molecule has 26 heavy (non-hydrogen) atoms. The van der Waals surface area contributed by atoms with E-state index in [9.17, 15) is 14.7 Å². The molecule has 0 saturated carbocycles. The normalized spacial score (nSPS) is 11.5. The molecule has 3 aromatic rings. The van der Waals surface area contributed by atoms with E-state index in [1.807, 2.05) is 24.3 Å². The van der Waals surface area contributed by atoms with Gasteiger partial charge >= 0.3 is 5.69 Å². The van der Waals surface area contributed by atoms with Crippen LogP contribution in [0.5, 0.6) is 0 Å². The number of anilines is 1. The van der Waals surface area contributed by atoms with Crippen LogP contribution in [0.3, 0.4) is 0 Å². The molecule has 9 nitrogen and oxygen atoms in total. The van der Waals surface area contributed by atoms with Crippen LogP contribution in [0.2, 0.25) is 0 Å². The van der Waals surface area contributed by atoms with Gasteiger partial charge in [-0.25, -0.2) is 10.2 Å². The van der Waals surface area contributed by atoms with Gasteiger partial charge in [0, 0.05) is 30.7 Å². The van der Waals surface area contributed by atoms with Gasteiger partial charge in [0.1, 0.15) is 0 Å². The lowest BCUT2D eigenvalue weighted by Gasteiger charge is -2.07. The van der Waals surface area contributed by atoms with Crippen LogP contribution < -0.4 is 16.7 Å². The maximum absolute atomic E-state index is 12.5. The van der Waals surface area contributed by atoms with Gasteiger partial charge in [-0.05, 0) is 6.07 Å². The molecule has 0 saturated heterocycles. The Morgan fingerprint density at radius 1 is 1.27 bits per heavy atom. The molecule has 0 bridgehead atoms. The molecule has 0 amide bonds. The van der Waals surface area contributed by atoms with Crippen LogP contribution in [0.1, 0.15) is 5.56 Å². The lowest BCUT2D eigenvalue weighted by molar-refractivity contribution is 0.278. The van der Waals surface area contributed by atoms with Crippen molar-refractivity contribution in [3.05, 3.63) is 55.1 Å². The first-order valence-electron chi connectivity index (χ1n) is 7.76. The molecule has 0 spiro atoms. The number of rotatable bonds is 5. The fraction of sp³-hybridized carbons (Fsp3) is 0.250. The van der Waals surface area contributed by atoms with Crippen LogP contribution in [0.4, 0.5) is 5.95 Å². The van der Waals surface area contributed by atoms with Gasteiger partial charge in [-0.3, -0.25) is 13.9 Å². The van der Waals surface area contributed by atoms with Crippen molar-refractivity contribution >= 4 is 39.3 Å². The highest BCUT2D eigenvalue weighted by molar-refractivity contribution is 9.10. The number of hydrogen-bond donors (Lipinski definition) is 2. The Balaban J connectivity index is 2.08. The number of aliphatic hydroxyl groups is 1. The van der Waals surface area contributed by atoms with Crippen molar-refractivity contribution in [2.45, 2.75) is 6.54 Å². The predicted molar refractivity (Wildman–Crippen MR) is 103 cm³/mol. The molecule has 2 N–H and O–H groups in total. The summed E-state index contributed by atoms with van der Waals surface area (Å²) in [5, 5.41) is 13.5. The summed E-state index contributed by atoms with van der Waals surface area (Å²) in [6.07, 6.45) is 1.60. The largest absolute Gasteiger partial charge is 0.395 e. The second-order valence-electron chi connectivity index (χ2n) is 5.58. The second-order valence-corrected chi connectivity index (χ2v) is 6.43. The van der Waals surface area contributed by atoms with E-state index in [4.69, 9.17) is 0 Å². The molecule has 136 valence electrons. The van der Waals surface area contributed by atoms with Gasteiger partial charge < -0.3 is 9.67 Å². The number of aromatic nitrogens is 4. The van der Waals surface area contributed by atoms with Gasteiger partial charge in [0.2, 0.25) is 5.95 Å². The highest BCUT2D eigenvalue weighted by atomic mass is 79.9. The SMILES string of the molecule is Cn1c(=O)c2c(nc(N/N=C\c3ccccc3Br)n2CCO)n(C)c1=O. The highest BCUT2D eigenvalue weighted by Crippen LogP contribution is 2.16. The van der Waals surface area contributed by atoms with Gasteiger partial charge in [-0.2, -0.15) is 10.1 Å². The third kappa shape index (κ3) is 3.08. The van der Waals surface area contributed by atoms with E-state index in [0.29, 0.717) is 0 Å². The van der Waals surface area contributed by atoms with Crippen LogP contribution in [-0.4, -0.2) is 36.6 Å². The van der Waals surface area contributed by atoms with E-state index in [2.05, 4.69) is 31.4 Å². The summed E-state index contributed by atoms with van der Waals surface area (Å²) in [6, 6.07) is 7.55. The fourth-order valence-corrected chi connectivity index (χ4v) is 2.98. The van der Waals surface area contributed by atoms with E-state index in [0.717, 1.165) is 14.6 Å².